The number of nitrogens with one attached hydrogen (secondary N) is 1. The minimum absolute atomic E-state index is 0.128. The topological polar surface area (TPSA) is 49.3 Å². The molecule has 3 aromatic carbocycles. The molecule has 0 saturated heterocycles. The predicted octanol–water partition coefficient (Wildman–Crippen LogP) is 9.82. The molecule has 0 aliphatic heterocycles. The van der Waals surface area contributed by atoms with Crippen molar-refractivity contribution in [3.05, 3.63) is 119 Å². The van der Waals surface area contributed by atoms with Crippen LogP contribution in [-0.4, -0.2) is 11.5 Å². The van der Waals surface area contributed by atoms with E-state index in [-0.39, 0.29) is 5.76 Å². The van der Waals surface area contributed by atoms with Crippen LogP contribution in [0.25, 0.3) is 5.76 Å². The van der Waals surface area contributed by atoms with Crippen LogP contribution in [0, 0.1) is 19.8 Å². The second-order valence-electron chi connectivity index (χ2n) is 9.62. The van der Waals surface area contributed by atoms with Crippen LogP contribution in [0.1, 0.15) is 80.3 Å². The highest BCUT2D eigenvalue weighted by atomic mass is 16.3. The molecule has 0 bridgehead atoms. The molecule has 39 heavy (non-hydrogen) atoms. The summed E-state index contributed by atoms with van der Waals surface area (Å²) in [5.41, 5.74) is 8.56. The second-order valence-corrected chi connectivity index (χ2v) is 9.62. The normalized spacial score (nSPS) is 13.0. The molecule has 2 N–H and O–H groups in total. The van der Waals surface area contributed by atoms with Gasteiger partial charge >= 0.3 is 0 Å². The third kappa shape index (κ3) is 13.2. The first-order chi connectivity index (χ1) is 18.9. The molecule has 1 atom stereocenters. The number of benzene rings is 3. The molecule has 0 aromatic heterocycles. The summed E-state index contributed by atoms with van der Waals surface area (Å²) < 4.78 is 0. The summed E-state index contributed by atoms with van der Waals surface area (Å²) in [7, 11) is 0. The van der Waals surface area contributed by atoms with Crippen molar-refractivity contribution in [2.45, 2.75) is 80.1 Å². The second kappa shape index (κ2) is 19.5. The first-order valence-corrected chi connectivity index (χ1v) is 14.3. The molecule has 0 heterocycles. The molecule has 1 aliphatic rings. The smallest absolute Gasteiger partial charge is 0.211 e. The third-order valence-corrected chi connectivity index (χ3v) is 6.40. The molecule has 210 valence electrons. The van der Waals surface area contributed by atoms with Gasteiger partial charge in [0.1, 0.15) is 5.76 Å². The third-order valence-electron chi connectivity index (χ3n) is 6.40. The molecule has 1 aliphatic carbocycles. The molecule has 0 radical (unpaired) electrons. The Balaban J connectivity index is 0.000000289. The first-order valence-electron chi connectivity index (χ1n) is 14.3. The maximum Gasteiger partial charge on any atom is 0.211 e. The fraction of sp³-hybridized carbons (Fsp3) is 0.361. The van der Waals surface area contributed by atoms with E-state index in [4.69, 9.17) is 5.11 Å². The zero-order chi connectivity index (χ0) is 29.0. The highest BCUT2D eigenvalue weighted by Crippen LogP contribution is 2.22. The number of rotatable bonds is 8. The van der Waals surface area contributed by atoms with Gasteiger partial charge in [-0.3, -0.25) is 4.79 Å². The summed E-state index contributed by atoms with van der Waals surface area (Å²) in [5, 5.41) is 11.6. The minimum Gasteiger partial charge on any atom is -0.508 e. The van der Waals surface area contributed by atoms with Crippen LogP contribution in [0.2, 0.25) is 0 Å². The van der Waals surface area contributed by atoms with E-state index < -0.39 is 0 Å². The van der Waals surface area contributed by atoms with Gasteiger partial charge in [-0.25, -0.2) is 0 Å². The summed E-state index contributed by atoms with van der Waals surface area (Å²) >= 11 is 0. The van der Waals surface area contributed by atoms with Crippen molar-refractivity contribution in [2.24, 2.45) is 5.92 Å². The quantitative estimate of drug-likeness (QED) is 0.174. The Kier molecular flexibility index (Phi) is 16.7. The van der Waals surface area contributed by atoms with E-state index >= 15 is 0 Å². The van der Waals surface area contributed by atoms with Crippen molar-refractivity contribution in [2.75, 3.05) is 5.32 Å². The standard InChI is InChI=1S/C13H15NO.C12H18.C9H10O.C2H6/c15-10-14-13-7-5-12(6-8-13)9-11-3-1-2-4-11;1-4-6-12-8-7-10(3)9-11(12)5-2;1-7-4-3-5-9(6-7)8(2)10;1-2/h1,3,5-8,10-11H,2,4,9H2,(H,14,15);7-9H,4-6H2,1-3H3;3-6,10H,2H2,1H3;1-2H3. The van der Waals surface area contributed by atoms with Gasteiger partial charge in [0.15, 0.2) is 0 Å². The zero-order valence-electron chi connectivity index (χ0n) is 25.0. The van der Waals surface area contributed by atoms with Gasteiger partial charge in [0.05, 0.1) is 0 Å². The number of aliphatic hydroxyl groups is 1. The summed E-state index contributed by atoms with van der Waals surface area (Å²) in [6, 6.07) is 22.4. The van der Waals surface area contributed by atoms with Crippen LogP contribution in [0.4, 0.5) is 5.69 Å². The lowest BCUT2D eigenvalue weighted by Gasteiger charge is -2.07. The lowest BCUT2D eigenvalue weighted by molar-refractivity contribution is -0.105. The number of carbonyl (C=O) groups is 1. The van der Waals surface area contributed by atoms with Crippen LogP contribution in [0.3, 0.4) is 0 Å². The molecule has 4 rings (SSSR count). The monoisotopic (exact) mass is 527 g/mol. The Morgan fingerprint density at radius 2 is 1.67 bits per heavy atom. The number of allylic oxidation sites excluding steroid dienone is 2. The van der Waals surface area contributed by atoms with E-state index in [2.05, 4.69) is 75.2 Å². The molecule has 3 heteroatoms. The molecule has 0 saturated carbocycles. The van der Waals surface area contributed by atoms with Crippen molar-refractivity contribution in [3.8, 4) is 0 Å². The summed E-state index contributed by atoms with van der Waals surface area (Å²) in [4.78, 5) is 10.2. The lowest BCUT2D eigenvalue weighted by atomic mass is 9.99. The Bertz CT molecular complexity index is 1140. The molecule has 0 spiro atoms. The Morgan fingerprint density at radius 1 is 0.974 bits per heavy atom. The minimum atomic E-state index is 0.128. The van der Waals surface area contributed by atoms with Crippen molar-refractivity contribution in [1.82, 2.24) is 0 Å². The van der Waals surface area contributed by atoms with E-state index in [0.29, 0.717) is 12.3 Å². The van der Waals surface area contributed by atoms with E-state index in [0.717, 1.165) is 29.7 Å². The first kappa shape index (κ1) is 33.4. The Labute approximate surface area is 237 Å². The number of aliphatic hydroxyl groups excluding tert-OH is 1. The number of anilines is 1. The summed E-state index contributed by atoms with van der Waals surface area (Å²) in [6.45, 7) is 16.0. The fourth-order valence-corrected chi connectivity index (χ4v) is 4.39. The average Bonchev–Trinajstić information content (AvgIpc) is 3.46. The van der Waals surface area contributed by atoms with Gasteiger partial charge in [-0.15, -0.1) is 0 Å². The molecular formula is C36H49NO2. The number of amides is 1. The van der Waals surface area contributed by atoms with Crippen molar-refractivity contribution < 1.29 is 9.90 Å². The van der Waals surface area contributed by atoms with E-state index in [1.165, 1.54) is 47.9 Å². The van der Waals surface area contributed by atoms with E-state index in [1.807, 2.05) is 57.2 Å². The number of carbonyl (C=O) groups excluding carboxylic acids is 1. The van der Waals surface area contributed by atoms with Gasteiger partial charge in [-0.05, 0) is 86.8 Å². The number of hydrogen-bond donors (Lipinski definition) is 2. The molecular weight excluding hydrogens is 478 g/mol. The van der Waals surface area contributed by atoms with Crippen LogP contribution in [0.15, 0.2) is 85.5 Å². The van der Waals surface area contributed by atoms with Gasteiger partial charge in [0.25, 0.3) is 0 Å². The molecule has 3 nitrogen and oxygen atoms in total. The van der Waals surface area contributed by atoms with Gasteiger partial charge in [-0.1, -0.05) is 113 Å². The average molecular weight is 528 g/mol. The van der Waals surface area contributed by atoms with E-state index in [1.54, 1.807) is 0 Å². The summed E-state index contributed by atoms with van der Waals surface area (Å²) in [5.74, 6) is 0.832. The highest BCUT2D eigenvalue weighted by molar-refractivity contribution is 5.71. The number of hydrogen-bond acceptors (Lipinski definition) is 2. The highest BCUT2D eigenvalue weighted by Gasteiger charge is 2.09. The Hall–Kier alpha value is -3.59. The molecule has 1 unspecified atom stereocenters. The molecule has 1 amide bonds. The van der Waals surface area contributed by atoms with Crippen LogP contribution in [-0.2, 0) is 24.1 Å². The van der Waals surface area contributed by atoms with Gasteiger partial charge in [-0.2, -0.15) is 0 Å². The fourth-order valence-electron chi connectivity index (χ4n) is 4.39. The van der Waals surface area contributed by atoms with Gasteiger partial charge in [0.2, 0.25) is 6.41 Å². The van der Waals surface area contributed by atoms with Gasteiger partial charge in [0, 0.05) is 11.3 Å². The molecule has 0 fully saturated rings. The largest absolute Gasteiger partial charge is 0.508 e. The SMILES string of the molecule is C=C(O)c1cccc(C)c1.CC.CCCc1ccc(C)cc1CC.O=CNc1ccc(CC2C=CCC2)cc1. The summed E-state index contributed by atoms with van der Waals surface area (Å²) in [6.07, 6.45) is 12.5. The van der Waals surface area contributed by atoms with Crippen LogP contribution < -0.4 is 5.32 Å². The van der Waals surface area contributed by atoms with Crippen molar-refractivity contribution in [1.29, 1.82) is 0 Å². The Morgan fingerprint density at radius 3 is 2.18 bits per heavy atom. The maximum atomic E-state index is 10.2. The molecule has 3 aromatic rings. The van der Waals surface area contributed by atoms with Gasteiger partial charge < -0.3 is 10.4 Å². The van der Waals surface area contributed by atoms with Crippen LogP contribution >= 0.6 is 0 Å². The predicted molar refractivity (Wildman–Crippen MR) is 170 cm³/mol. The van der Waals surface area contributed by atoms with Crippen molar-refractivity contribution >= 4 is 17.9 Å². The maximum absolute atomic E-state index is 10.2. The van der Waals surface area contributed by atoms with E-state index in [9.17, 15) is 4.79 Å². The van der Waals surface area contributed by atoms with Crippen molar-refractivity contribution in [3.63, 3.8) is 0 Å². The zero-order valence-corrected chi connectivity index (χ0v) is 25.0. The van der Waals surface area contributed by atoms with Crippen LogP contribution in [0.5, 0.6) is 0 Å². The lowest BCUT2D eigenvalue weighted by Crippen LogP contribution is -1.98. The number of aryl methyl sites for hydroxylation is 4.